The highest BCUT2D eigenvalue weighted by molar-refractivity contribution is 7.18. The molecule has 0 saturated carbocycles. The van der Waals surface area contributed by atoms with E-state index in [0.29, 0.717) is 23.0 Å². The van der Waals surface area contributed by atoms with Crippen molar-refractivity contribution in [3.63, 3.8) is 0 Å². The van der Waals surface area contributed by atoms with E-state index in [2.05, 4.69) is 0 Å². The molecule has 1 aliphatic heterocycles. The Morgan fingerprint density at radius 3 is 3.05 bits per heavy atom. The standard InChI is InChI=1S/C11H11N3O4S/c1-7(15)10-4-9(14(16)17)11(19-10)13-2-3-18-8(5-12)6-13/h4,8H,2-3,6H2,1H3. The number of Topliss-reactive ketones (excluding diaryl/α,β-unsaturated/α-hetero) is 1. The third-order valence-corrected chi connectivity index (χ3v) is 4.02. The monoisotopic (exact) mass is 281 g/mol. The molecular weight excluding hydrogens is 270 g/mol. The molecule has 2 rings (SSSR count). The molecule has 2 heterocycles. The summed E-state index contributed by atoms with van der Waals surface area (Å²) in [6.07, 6.45) is -0.601. The smallest absolute Gasteiger partial charge is 0.304 e. The Morgan fingerprint density at radius 1 is 1.74 bits per heavy atom. The molecule has 7 nitrogen and oxygen atoms in total. The maximum Gasteiger partial charge on any atom is 0.304 e. The molecule has 19 heavy (non-hydrogen) atoms. The van der Waals surface area contributed by atoms with Crippen LogP contribution in [0.1, 0.15) is 16.6 Å². The SMILES string of the molecule is CC(=O)c1cc([N+](=O)[O-])c(N2CCOC(C#N)C2)s1. The van der Waals surface area contributed by atoms with Crippen molar-refractivity contribution in [3.8, 4) is 6.07 Å². The number of carbonyl (C=O) groups is 1. The third-order valence-electron chi connectivity index (χ3n) is 2.73. The zero-order valence-corrected chi connectivity index (χ0v) is 11.0. The van der Waals surface area contributed by atoms with E-state index in [1.807, 2.05) is 6.07 Å². The van der Waals surface area contributed by atoms with Crippen LogP contribution in [0.25, 0.3) is 0 Å². The van der Waals surface area contributed by atoms with Gasteiger partial charge in [-0.1, -0.05) is 0 Å². The van der Waals surface area contributed by atoms with Gasteiger partial charge in [0.25, 0.3) is 0 Å². The summed E-state index contributed by atoms with van der Waals surface area (Å²) in [6, 6.07) is 3.28. The first kappa shape index (κ1) is 13.5. The van der Waals surface area contributed by atoms with Gasteiger partial charge in [0.2, 0.25) is 0 Å². The Morgan fingerprint density at radius 2 is 2.47 bits per heavy atom. The predicted octanol–water partition coefficient (Wildman–Crippen LogP) is 1.59. The van der Waals surface area contributed by atoms with Crippen LogP contribution in [0, 0.1) is 21.4 Å². The van der Waals surface area contributed by atoms with Gasteiger partial charge in [0.05, 0.1) is 29.0 Å². The number of ether oxygens (including phenoxy) is 1. The van der Waals surface area contributed by atoms with Crippen molar-refractivity contribution in [2.75, 3.05) is 24.6 Å². The lowest BCUT2D eigenvalue weighted by Gasteiger charge is -2.29. The van der Waals surface area contributed by atoms with Crippen LogP contribution in [0.15, 0.2) is 6.07 Å². The Kier molecular flexibility index (Phi) is 3.78. The molecule has 0 N–H and O–H groups in total. The third kappa shape index (κ3) is 2.72. The molecule has 1 aliphatic rings. The molecule has 0 amide bonds. The van der Waals surface area contributed by atoms with E-state index in [9.17, 15) is 14.9 Å². The molecule has 1 atom stereocenters. The van der Waals surface area contributed by atoms with Gasteiger partial charge in [-0.05, 0) is 6.92 Å². The summed E-state index contributed by atoms with van der Waals surface area (Å²) in [5, 5.41) is 20.3. The van der Waals surface area contributed by atoms with Gasteiger partial charge in [-0.25, -0.2) is 0 Å². The van der Waals surface area contributed by atoms with Crippen molar-refractivity contribution in [2.45, 2.75) is 13.0 Å². The lowest BCUT2D eigenvalue weighted by Crippen LogP contribution is -2.41. The normalized spacial score (nSPS) is 18.9. The quantitative estimate of drug-likeness (QED) is 0.474. The van der Waals surface area contributed by atoms with Crippen LogP contribution < -0.4 is 4.90 Å². The van der Waals surface area contributed by atoms with Gasteiger partial charge in [0, 0.05) is 12.6 Å². The molecule has 1 aromatic rings. The average molecular weight is 281 g/mol. The maximum absolute atomic E-state index is 11.3. The first-order valence-corrected chi connectivity index (χ1v) is 6.40. The molecule has 0 aromatic carbocycles. The Hall–Kier alpha value is -1.98. The summed E-state index contributed by atoms with van der Waals surface area (Å²) >= 11 is 1.08. The fourth-order valence-corrected chi connectivity index (χ4v) is 2.87. The van der Waals surface area contributed by atoms with Crippen LogP contribution in [0.3, 0.4) is 0 Å². The molecule has 0 aliphatic carbocycles. The summed E-state index contributed by atoms with van der Waals surface area (Å²) < 4.78 is 5.20. The summed E-state index contributed by atoms with van der Waals surface area (Å²) in [7, 11) is 0. The highest BCUT2D eigenvalue weighted by Crippen LogP contribution is 2.38. The first-order chi connectivity index (χ1) is 9.02. The van der Waals surface area contributed by atoms with E-state index < -0.39 is 11.0 Å². The second kappa shape index (κ2) is 5.34. The fraction of sp³-hybridized carbons (Fsp3) is 0.455. The summed E-state index contributed by atoms with van der Waals surface area (Å²) in [6.45, 7) is 2.45. The van der Waals surface area contributed by atoms with E-state index in [4.69, 9.17) is 10.00 Å². The number of nitrogens with zero attached hydrogens (tertiary/aromatic N) is 3. The number of anilines is 1. The minimum atomic E-state index is -0.601. The Labute approximate surface area is 113 Å². The van der Waals surface area contributed by atoms with Crippen LogP contribution in [0.4, 0.5) is 10.7 Å². The van der Waals surface area contributed by atoms with Crippen molar-refractivity contribution in [1.29, 1.82) is 5.26 Å². The number of carbonyl (C=O) groups excluding carboxylic acids is 1. The second-order valence-electron chi connectivity index (χ2n) is 4.05. The van der Waals surface area contributed by atoms with Gasteiger partial charge in [-0.15, -0.1) is 11.3 Å². The number of rotatable bonds is 3. The zero-order chi connectivity index (χ0) is 14.0. The summed E-state index contributed by atoms with van der Waals surface area (Å²) in [4.78, 5) is 23.9. The topological polar surface area (TPSA) is 96.5 Å². The van der Waals surface area contributed by atoms with Crippen molar-refractivity contribution >= 4 is 27.8 Å². The lowest BCUT2D eigenvalue weighted by atomic mass is 10.3. The molecule has 1 unspecified atom stereocenters. The zero-order valence-electron chi connectivity index (χ0n) is 10.2. The van der Waals surface area contributed by atoms with Crippen molar-refractivity contribution in [3.05, 3.63) is 21.1 Å². The highest BCUT2D eigenvalue weighted by atomic mass is 32.1. The van der Waals surface area contributed by atoms with Crippen LogP contribution >= 0.6 is 11.3 Å². The molecule has 0 radical (unpaired) electrons. The average Bonchev–Trinajstić information content (AvgIpc) is 2.84. The predicted molar refractivity (Wildman–Crippen MR) is 68.5 cm³/mol. The van der Waals surface area contributed by atoms with Crippen molar-refractivity contribution < 1.29 is 14.5 Å². The second-order valence-corrected chi connectivity index (χ2v) is 5.08. The van der Waals surface area contributed by atoms with E-state index in [1.54, 1.807) is 4.90 Å². The van der Waals surface area contributed by atoms with Gasteiger partial charge in [0.1, 0.15) is 0 Å². The lowest BCUT2D eigenvalue weighted by molar-refractivity contribution is -0.383. The molecule has 1 aromatic heterocycles. The fourth-order valence-electron chi connectivity index (χ4n) is 1.81. The minimum Gasteiger partial charge on any atom is -0.360 e. The van der Waals surface area contributed by atoms with Crippen LogP contribution in [-0.2, 0) is 4.74 Å². The first-order valence-electron chi connectivity index (χ1n) is 5.58. The number of nitro groups is 1. The molecule has 0 bridgehead atoms. The van der Waals surface area contributed by atoms with Crippen molar-refractivity contribution in [1.82, 2.24) is 0 Å². The van der Waals surface area contributed by atoms with Gasteiger partial charge in [0.15, 0.2) is 16.9 Å². The summed E-state index contributed by atoms with van der Waals surface area (Å²) in [5.41, 5.74) is -0.0891. The molecule has 0 spiro atoms. The molecule has 1 fully saturated rings. The highest BCUT2D eigenvalue weighted by Gasteiger charge is 2.29. The number of morpholine rings is 1. The van der Waals surface area contributed by atoms with Gasteiger partial charge in [-0.3, -0.25) is 14.9 Å². The molecule has 8 heteroatoms. The van der Waals surface area contributed by atoms with E-state index in [0.717, 1.165) is 11.3 Å². The van der Waals surface area contributed by atoms with Gasteiger partial charge in [-0.2, -0.15) is 5.26 Å². The van der Waals surface area contributed by atoms with Crippen LogP contribution in [0.2, 0.25) is 0 Å². The van der Waals surface area contributed by atoms with Gasteiger partial charge < -0.3 is 9.64 Å². The number of thiophene rings is 1. The number of hydrogen-bond acceptors (Lipinski definition) is 7. The van der Waals surface area contributed by atoms with E-state index >= 15 is 0 Å². The van der Waals surface area contributed by atoms with E-state index in [1.165, 1.54) is 13.0 Å². The summed E-state index contributed by atoms with van der Waals surface area (Å²) in [5.74, 6) is -0.204. The number of ketones is 1. The number of nitriles is 1. The number of hydrogen-bond donors (Lipinski definition) is 0. The Balaban J connectivity index is 2.35. The molecule has 100 valence electrons. The van der Waals surface area contributed by atoms with Crippen LogP contribution in [0.5, 0.6) is 0 Å². The Bertz CT molecular complexity index is 563. The minimum absolute atomic E-state index is 0.0891. The maximum atomic E-state index is 11.3. The largest absolute Gasteiger partial charge is 0.360 e. The van der Waals surface area contributed by atoms with Crippen LogP contribution in [-0.4, -0.2) is 36.5 Å². The van der Waals surface area contributed by atoms with Gasteiger partial charge >= 0.3 is 5.69 Å². The van der Waals surface area contributed by atoms with E-state index in [-0.39, 0.29) is 18.0 Å². The van der Waals surface area contributed by atoms with Crippen molar-refractivity contribution in [2.24, 2.45) is 0 Å². The molecule has 1 saturated heterocycles. The molecular formula is C11H11N3O4S.